The summed E-state index contributed by atoms with van der Waals surface area (Å²) in [6.07, 6.45) is 7.02. The van der Waals surface area contributed by atoms with Gasteiger partial charge >= 0.3 is 0 Å². The molecule has 40 heavy (non-hydrogen) atoms. The van der Waals surface area contributed by atoms with E-state index in [4.69, 9.17) is 9.72 Å². The lowest BCUT2D eigenvalue weighted by Gasteiger charge is -2.41. The van der Waals surface area contributed by atoms with E-state index in [2.05, 4.69) is 64.4 Å². The zero-order valence-corrected chi connectivity index (χ0v) is 24.1. The summed E-state index contributed by atoms with van der Waals surface area (Å²) in [6, 6.07) is 8.31. The molecule has 2 aliphatic heterocycles. The Kier molecular flexibility index (Phi) is 7.83. The Labute approximate surface area is 238 Å². The van der Waals surface area contributed by atoms with Crippen LogP contribution >= 0.6 is 0 Å². The molecule has 8 nitrogen and oxygen atoms in total. The Morgan fingerprint density at radius 1 is 1.07 bits per heavy atom. The van der Waals surface area contributed by atoms with E-state index in [9.17, 15) is 8.94 Å². The van der Waals surface area contributed by atoms with Gasteiger partial charge in [0.2, 0.25) is 5.95 Å². The summed E-state index contributed by atoms with van der Waals surface area (Å²) in [7, 11) is 1.55. The van der Waals surface area contributed by atoms with Crippen molar-refractivity contribution in [2.24, 2.45) is 11.8 Å². The standard InChI is InChI=1S/C30H37FN6O2S/c1-19(2)22-6-7-26(37-14-21(15-37)18-40(38)17-20-4-5-20)24-13-33-29(12-23(22)24)34-28-8-10-32-30(35-28)36-11-9-27(39-3)25(31)16-36/h4-8,10,12-13,19-21,25,27H,9,11,14-18H2,1-3H3,(H,32,33,34,35)/t25-,27+,40?/m0/s1. The normalized spacial score (nSPS) is 22.1. The van der Waals surface area contributed by atoms with Crippen LogP contribution in [0.4, 0.5) is 27.7 Å². The summed E-state index contributed by atoms with van der Waals surface area (Å²) in [4.78, 5) is 18.0. The Morgan fingerprint density at radius 2 is 1.90 bits per heavy atom. The molecule has 2 aromatic heterocycles. The maximum atomic E-state index is 14.5. The lowest BCUT2D eigenvalue weighted by molar-refractivity contribution is 0.0194. The van der Waals surface area contributed by atoms with Crippen molar-refractivity contribution in [3.63, 3.8) is 0 Å². The smallest absolute Gasteiger partial charge is 0.227 e. The Hall–Kier alpha value is -2.95. The van der Waals surface area contributed by atoms with Gasteiger partial charge in [-0.1, -0.05) is 43.2 Å². The second kappa shape index (κ2) is 11.5. The number of nitrogens with one attached hydrogen (secondary N) is 1. The van der Waals surface area contributed by atoms with E-state index >= 15 is 0 Å². The lowest BCUT2D eigenvalue weighted by atomic mass is 9.93. The Balaban J connectivity index is 1.18. The van der Waals surface area contributed by atoms with Crippen molar-refractivity contribution < 1.29 is 13.7 Å². The zero-order chi connectivity index (χ0) is 27.8. The molecule has 1 aliphatic carbocycles. The highest BCUT2D eigenvalue weighted by Gasteiger charge is 2.33. The molecular weight excluding hydrogens is 527 g/mol. The van der Waals surface area contributed by atoms with Crippen LogP contribution in [-0.4, -0.2) is 76.6 Å². The minimum absolute atomic E-state index is 0.210. The topological polar surface area (TPSA) is 89.5 Å². The highest BCUT2D eigenvalue weighted by Crippen LogP contribution is 2.37. The van der Waals surface area contributed by atoms with Gasteiger partial charge in [0.15, 0.2) is 0 Å². The number of hydrogen-bond donors (Lipinski definition) is 1. The highest BCUT2D eigenvalue weighted by molar-refractivity contribution is 7.91. The predicted molar refractivity (Wildman–Crippen MR) is 160 cm³/mol. The third kappa shape index (κ3) is 5.89. The molecule has 4 heterocycles. The average Bonchev–Trinajstić information content (AvgIpc) is 3.74. The molecule has 0 saturated carbocycles. The van der Waals surface area contributed by atoms with Crippen molar-refractivity contribution in [2.45, 2.75) is 38.5 Å². The number of pyridine rings is 1. The number of allylic oxidation sites excluding steroid dienone is 2. The molecule has 6 rings (SSSR count). The molecular formula is C30H37FN6O2S. The quantitative estimate of drug-likeness (QED) is 0.277. The first kappa shape index (κ1) is 27.2. The first-order valence-electron chi connectivity index (χ1n) is 14.1. The van der Waals surface area contributed by atoms with Gasteiger partial charge in [-0.25, -0.2) is 14.4 Å². The van der Waals surface area contributed by atoms with E-state index in [0.717, 1.165) is 35.4 Å². The molecule has 2 saturated heterocycles. The summed E-state index contributed by atoms with van der Waals surface area (Å²) < 4.78 is 32.1. The molecule has 1 N–H and O–H groups in total. The minimum Gasteiger partial charge on any atom is -0.616 e. The van der Waals surface area contributed by atoms with Crippen LogP contribution in [0.5, 0.6) is 0 Å². The Bertz CT molecular complexity index is 1380. The number of alkyl halides is 1. The molecule has 3 aromatic rings. The number of aromatic nitrogens is 3. The molecule has 0 spiro atoms. The van der Waals surface area contributed by atoms with E-state index < -0.39 is 17.3 Å². The molecule has 0 radical (unpaired) electrons. The van der Waals surface area contributed by atoms with Crippen molar-refractivity contribution >= 4 is 45.2 Å². The monoisotopic (exact) mass is 564 g/mol. The van der Waals surface area contributed by atoms with Crippen LogP contribution in [-0.2, 0) is 15.9 Å². The molecule has 10 heteroatoms. The van der Waals surface area contributed by atoms with Crippen LogP contribution in [0, 0.1) is 11.8 Å². The van der Waals surface area contributed by atoms with Gasteiger partial charge in [0.1, 0.15) is 29.3 Å². The first-order valence-corrected chi connectivity index (χ1v) is 15.6. The van der Waals surface area contributed by atoms with Gasteiger partial charge in [0, 0.05) is 62.0 Å². The number of halogens is 1. The zero-order valence-electron chi connectivity index (χ0n) is 23.3. The van der Waals surface area contributed by atoms with E-state index in [-0.39, 0.29) is 12.6 Å². The SMILES string of the molecule is CO[C@@H]1CCN(c2nccc(Nc3cc4c(C(C)C)ccc(N5CC(C[S+]([O-])CC6C=C6)C5)c4cn3)n2)C[C@@H]1F. The molecule has 2 fully saturated rings. The third-order valence-corrected chi connectivity index (χ3v) is 9.66. The summed E-state index contributed by atoms with van der Waals surface area (Å²) in [5, 5.41) is 5.62. The Morgan fingerprint density at radius 3 is 2.62 bits per heavy atom. The number of hydrogen-bond acceptors (Lipinski definition) is 8. The van der Waals surface area contributed by atoms with Crippen LogP contribution in [0.15, 0.2) is 48.8 Å². The highest BCUT2D eigenvalue weighted by atomic mass is 32.2. The number of nitrogens with zero attached hydrogens (tertiary/aromatic N) is 5. The van der Waals surface area contributed by atoms with Crippen LogP contribution in [0.3, 0.4) is 0 Å². The number of methoxy groups -OCH3 is 1. The third-order valence-electron chi connectivity index (χ3n) is 8.06. The van der Waals surface area contributed by atoms with Crippen LogP contribution in [0.25, 0.3) is 10.8 Å². The molecule has 3 atom stereocenters. The van der Waals surface area contributed by atoms with Crippen LogP contribution in [0.2, 0.25) is 0 Å². The van der Waals surface area contributed by atoms with Gasteiger partial charge in [-0.15, -0.1) is 0 Å². The fraction of sp³-hybridized carbons (Fsp3) is 0.500. The largest absolute Gasteiger partial charge is 0.616 e. The molecule has 3 aliphatic rings. The number of ether oxygens (including phenoxy) is 1. The van der Waals surface area contributed by atoms with Gasteiger partial charge < -0.3 is 24.4 Å². The molecule has 1 aromatic carbocycles. The minimum atomic E-state index is -1.08. The number of anilines is 4. The van der Waals surface area contributed by atoms with E-state index in [1.807, 2.05) is 11.1 Å². The van der Waals surface area contributed by atoms with Crippen molar-refractivity contribution in [3.8, 4) is 0 Å². The predicted octanol–water partition coefficient (Wildman–Crippen LogP) is 4.83. The van der Waals surface area contributed by atoms with Gasteiger partial charge in [-0.3, -0.25) is 0 Å². The van der Waals surface area contributed by atoms with E-state index in [0.29, 0.717) is 48.3 Å². The summed E-state index contributed by atoms with van der Waals surface area (Å²) in [5.74, 6) is 4.64. The van der Waals surface area contributed by atoms with Crippen LogP contribution in [0.1, 0.15) is 31.7 Å². The van der Waals surface area contributed by atoms with E-state index in [1.54, 1.807) is 19.4 Å². The molecule has 1 unspecified atom stereocenters. The maximum absolute atomic E-state index is 14.5. The van der Waals surface area contributed by atoms with Crippen LogP contribution < -0.4 is 15.1 Å². The molecule has 0 bridgehead atoms. The van der Waals surface area contributed by atoms with Crippen molar-refractivity contribution in [3.05, 3.63) is 54.4 Å². The average molecular weight is 565 g/mol. The van der Waals surface area contributed by atoms with E-state index in [1.165, 1.54) is 11.3 Å². The lowest BCUT2D eigenvalue weighted by Crippen LogP contribution is -2.50. The van der Waals surface area contributed by atoms with Gasteiger partial charge in [-0.05, 0) is 41.5 Å². The van der Waals surface area contributed by atoms with Crippen molar-refractivity contribution in [1.82, 2.24) is 15.0 Å². The summed E-state index contributed by atoms with van der Waals surface area (Å²) in [6.45, 7) is 7.10. The van der Waals surface area contributed by atoms with Crippen molar-refractivity contribution in [1.29, 1.82) is 0 Å². The van der Waals surface area contributed by atoms with Gasteiger partial charge in [0.05, 0.1) is 12.6 Å². The number of fused-ring (bicyclic) bond motifs is 1. The first-order chi connectivity index (χ1) is 19.4. The number of rotatable bonds is 10. The van der Waals surface area contributed by atoms with Gasteiger partial charge in [-0.2, -0.15) is 4.98 Å². The summed E-state index contributed by atoms with van der Waals surface area (Å²) >= 11 is -0.752. The molecule has 0 amide bonds. The van der Waals surface area contributed by atoms with Crippen molar-refractivity contribution in [2.75, 3.05) is 59.9 Å². The maximum Gasteiger partial charge on any atom is 0.227 e. The van der Waals surface area contributed by atoms with Gasteiger partial charge in [0.25, 0.3) is 0 Å². The molecule has 212 valence electrons. The number of benzene rings is 1. The number of piperidine rings is 1. The second-order valence-electron chi connectivity index (χ2n) is 11.4. The second-order valence-corrected chi connectivity index (χ2v) is 13.0. The summed E-state index contributed by atoms with van der Waals surface area (Å²) in [5.41, 5.74) is 2.44. The fourth-order valence-corrected chi connectivity index (χ4v) is 7.26. The fourth-order valence-electron chi connectivity index (χ4n) is 5.73.